The number of hydrogen-bond acceptors (Lipinski definition) is 7. The Balaban J connectivity index is 1.46. The van der Waals surface area contributed by atoms with Gasteiger partial charge in [0.05, 0.1) is 28.8 Å². The lowest BCUT2D eigenvalue weighted by Crippen LogP contribution is -2.49. The molecule has 3 heterocycles. The van der Waals surface area contributed by atoms with Crippen LogP contribution in [0.2, 0.25) is 5.02 Å². The van der Waals surface area contributed by atoms with E-state index in [1.807, 2.05) is 23.1 Å². The van der Waals surface area contributed by atoms with E-state index in [1.54, 1.807) is 24.9 Å². The smallest absolute Gasteiger partial charge is 0.309 e. The highest BCUT2D eigenvalue weighted by Crippen LogP contribution is 2.28. The standard InChI is InChI=1S/C23H30ClN5O5S/c1-3-34-23(31)17-8-10-28(11-9-17)22(30)18-16-26(2)25-21(18)35(32,33)29-14-12-27(13-15-29)20-7-5-4-6-19(20)24/h4-7,16-17H,3,8-15H2,1-2H3. The Labute approximate surface area is 210 Å². The molecule has 2 aromatic rings. The number of likely N-dealkylation sites (tertiary alicyclic amines) is 1. The van der Waals surface area contributed by atoms with Crippen molar-refractivity contribution in [2.45, 2.75) is 24.8 Å². The minimum absolute atomic E-state index is 0.0515. The molecule has 35 heavy (non-hydrogen) atoms. The number of para-hydroxylation sites is 1. The molecule has 190 valence electrons. The fourth-order valence-corrected chi connectivity index (χ4v) is 6.35. The highest BCUT2D eigenvalue weighted by Gasteiger charge is 2.37. The van der Waals surface area contributed by atoms with Gasteiger partial charge in [0.2, 0.25) is 5.03 Å². The molecule has 12 heteroatoms. The lowest BCUT2D eigenvalue weighted by Gasteiger charge is -2.35. The average molecular weight is 524 g/mol. The lowest BCUT2D eigenvalue weighted by molar-refractivity contribution is -0.149. The number of halogens is 1. The van der Waals surface area contributed by atoms with Crippen LogP contribution >= 0.6 is 11.6 Å². The quantitative estimate of drug-likeness (QED) is 0.533. The highest BCUT2D eigenvalue weighted by atomic mass is 35.5. The number of piperidine rings is 1. The Hall–Kier alpha value is -2.63. The van der Waals surface area contributed by atoms with Gasteiger partial charge in [-0.1, -0.05) is 23.7 Å². The van der Waals surface area contributed by atoms with Gasteiger partial charge in [0, 0.05) is 52.5 Å². The number of carbonyl (C=O) groups excluding carboxylic acids is 2. The van der Waals surface area contributed by atoms with E-state index in [2.05, 4.69) is 5.10 Å². The molecule has 2 aliphatic rings. The van der Waals surface area contributed by atoms with Crippen LogP contribution in [0.5, 0.6) is 0 Å². The molecule has 0 bridgehead atoms. The summed E-state index contributed by atoms with van der Waals surface area (Å²) in [5.74, 6) is -0.889. The third-order valence-electron chi connectivity index (χ3n) is 6.44. The normalized spacial score (nSPS) is 18.0. The van der Waals surface area contributed by atoms with Crippen molar-refractivity contribution in [2.24, 2.45) is 13.0 Å². The summed E-state index contributed by atoms with van der Waals surface area (Å²) in [6, 6.07) is 7.46. The monoisotopic (exact) mass is 523 g/mol. The number of ether oxygens (including phenoxy) is 1. The minimum Gasteiger partial charge on any atom is -0.466 e. The second kappa shape index (κ2) is 10.5. The van der Waals surface area contributed by atoms with Gasteiger partial charge >= 0.3 is 5.97 Å². The fourth-order valence-electron chi connectivity index (χ4n) is 4.55. The molecule has 0 atom stereocenters. The van der Waals surface area contributed by atoms with E-state index in [0.717, 1.165) is 5.69 Å². The molecule has 0 saturated carbocycles. The molecule has 2 fully saturated rings. The van der Waals surface area contributed by atoms with E-state index >= 15 is 0 Å². The average Bonchev–Trinajstić information content (AvgIpc) is 3.27. The number of piperazine rings is 1. The fraction of sp³-hybridized carbons (Fsp3) is 0.522. The van der Waals surface area contributed by atoms with Crippen molar-refractivity contribution >= 4 is 39.2 Å². The lowest BCUT2D eigenvalue weighted by atomic mass is 9.96. The Bertz CT molecular complexity index is 1180. The molecule has 0 unspecified atom stereocenters. The van der Waals surface area contributed by atoms with Crippen LogP contribution in [0.1, 0.15) is 30.1 Å². The van der Waals surface area contributed by atoms with Crippen LogP contribution in [0.25, 0.3) is 0 Å². The topological polar surface area (TPSA) is 105 Å². The molecule has 1 aromatic carbocycles. The largest absolute Gasteiger partial charge is 0.466 e. The number of anilines is 1. The van der Waals surface area contributed by atoms with Gasteiger partial charge in [-0.15, -0.1) is 0 Å². The maximum Gasteiger partial charge on any atom is 0.309 e. The summed E-state index contributed by atoms with van der Waals surface area (Å²) in [7, 11) is -2.39. The van der Waals surface area contributed by atoms with Gasteiger partial charge in [-0.05, 0) is 31.9 Å². The van der Waals surface area contributed by atoms with Gasteiger partial charge in [-0.25, -0.2) is 8.42 Å². The SMILES string of the molecule is CCOC(=O)C1CCN(C(=O)c2cn(C)nc2S(=O)(=O)N2CCN(c3ccccc3Cl)CC2)CC1. The molecular weight excluding hydrogens is 494 g/mol. The second-order valence-electron chi connectivity index (χ2n) is 8.68. The zero-order chi connectivity index (χ0) is 25.2. The predicted molar refractivity (Wildman–Crippen MR) is 131 cm³/mol. The number of aromatic nitrogens is 2. The zero-order valence-electron chi connectivity index (χ0n) is 19.9. The summed E-state index contributed by atoms with van der Waals surface area (Å²) in [6.07, 6.45) is 2.42. The first-order valence-electron chi connectivity index (χ1n) is 11.7. The van der Waals surface area contributed by atoms with Crippen LogP contribution in [0.3, 0.4) is 0 Å². The number of benzene rings is 1. The molecule has 0 radical (unpaired) electrons. The van der Waals surface area contributed by atoms with Crippen molar-refractivity contribution in [2.75, 3.05) is 50.8 Å². The Morgan fingerprint density at radius 2 is 1.74 bits per heavy atom. The number of sulfonamides is 1. The predicted octanol–water partition coefficient (Wildman–Crippen LogP) is 2.00. The molecule has 1 aromatic heterocycles. The third kappa shape index (κ3) is 5.31. The summed E-state index contributed by atoms with van der Waals surface area (Å²) in [5, 5.41) is 4.55. The van der Waals surface area contributed by atoms with Crippen LogP contribution in [-0.4, -0.2) is 85.2 Å². The van der Waals surface area contributed by atoms with Crippen molar-refractivity contribution in [1.82, 2.24) is 19.0 Å². The zero-order valence-corrected chi connectivity index (χ0v) is 21.5. The van der Waals surface area contributed by atoms with Crippen LogP contribution in [0, 0.1) is 5.92 Å². The summed E-state index contributed by atoms with van der Waals surface area (Å²) in [4.78, 5) is 28.9. The van der Waals surface area contributed by atoms with Gasteiger partial charge < -0.3 is 14.5 Å². The molecule has 10 nitrogen and oxygen atoms in total. The molecule has 2 aliphatic heterocycles. The van der Waals surface area contributed by atoms with Gasteiger partial charge in [-0.2, -0.15) is 9.40 Å². The number of nitrogens with zero attached hydrogens (tertiary/aromatic N) is 5. The molecule has 0 N–H and O–H groups in total. The summed E-state index contributed by atoms with van der Waals surface area (Å²) in [5.41, 5.74) is 0.918. The Kier molecular flexibility index (Phi) is 7.67. The van der Waals surface area contributed by atoms with E-state index in [0.29, 0.717) is 50.7 Å². The van der Waals surface area contributed by atoms with Gasteiger partial charge in [-0.3, -0.25) is 14.3 Å². The van der Waals surface area contributed by atoms with Gasteiger partial charge in [0.15, 0.2) is 0 Å². The molecule has 4 rings (SSSR count). The summed E-state index contributed by atoms with van der Waals surface area (Å²) in [6.45, 7) is 4.24. The number of rotatable bonds is 6. The van der Waals surface area contributed by atoms with Crippen molar-refractivity contribution < 1.29 is 22.7 Å². The van der Waals surface area contributed by atoms with E-state index in [9.17, 15) is 18.0 Å². The number of aryl methyl sites for hydroxylation is 1. The van der Waals surface area contributed by atoms with Crippen molar-refractivity contribution in [3.05, 3.63) is 41.0 Å². The van der Waals surface area contributed by atoms with Crippen LogP contribution in [0.15, 0.2) is 35.5 Å². The van der Waals surface area contributed by atoms with Crippen molar-refractivity contribution in [3.8, 4) is 0 Å². The molecule has 1 amide bonds. The van der Waals surface area contributed by atoms with E-state index in [-0.39, 0.29) is 35.6 Å². The summed E-state index contributed by atoms with van der Waals surface area (Å²) < 4.78 is 34.8. The third-order valence-corrected chi connectivity index (χ3v) is 8.60. The number of hydrogen-bond donors (Lipinski definition) is 0. The number of amides is 1. The van der Waals surface area contributed by atoms with Gasteiger partial charge in [0.25, 0.3) is 15.9 Å². The van der Waals surface area contributed by atoms with Crippen LogP contribution < -0.4 is 4.90 Å². The van der Waals surface area contributed by atoms with Gasteiger partial charge in [0.1, 0.15) is 0 Å². The molecule has 2 saturated heterocycles. The number of esters is 1. The first-order chi connectivity index (χ1) is 16.7. The minimum atomic E-state index is -3.98. The highest BCUT2D eigenvalue weighted by molar-refractivity contribution is 7.89. The van der Waals surface area contributed by atoms with E-state index in [1.165, 1.54) is 15.2 Å². The molecule has 0 spiro atoms. The van der Waals surface area contributed by atoms with E-state index < -0.39 is 15.9 Å². The first kappa shape index (κ1) is 25.5. The molecular formula is C23H30ClN5O5S. The summed E-state index contributed by atoms with van der Waals surface area (Å²) >= 11 is 6.30. The second-order valence-corrected chi connectivity index (χ2v) is 10.9. The maximum absolute atomic E-state index is 13.5. The first-order valence-corrected chi connectivity index (χ1v) is 13.5. The van der Waals surface area contributed by atoms with E-state index in [4.69, 9.17) is 16.3 Å². The molecule has 0 aliphatic carbocycles. The van der Waals surface area contributed by atoms with Crippen molar-refractivity contribution in [3.63, 3.8) is 0 Å². The van der Waals surface area contributed by atoms with Crippen LogP contribution in [0.4, 0.5) is 5.69 Å². The maximum atomic E-state index is 13.5. The van der Waals surface area contributed by atoms with Crippen molar-refractivity contribution in [1.29, 1.82) is 0 Å². The number of carbonyl (C=O) groups is 2. The van der Waals surface area contributed by atoms with Crippen LogP contribution in [-0.2, 0) is 26.6 Å². The Morgan fingerprint density at radius 3 is 2.37 bits per heavy atom. The Morgan fingerprint density at radius 1 is 1.09 bits per heavy atom.